The Hall–Kier alpha value is -3.86. The number of carbonyl (C=O) groups is 2. The van der Waals surface area contributed by atoms with Crippen molar-refractivity contribution >= 4 is 28.8 Å². The Balaban J connectivity index is 1.75. The van der Waals surface area contributed by atoms with Gasteiger partial charge in [-0.15, -0.1) is 0 Å². The fourth-order valence-electron chi connectivity index (χ4n) is 3.79. The van der Waals surface area contributed by atoms with Gasteiger partial charge in [-0.1, -0.05) is 48.0 Å². The van der Waals surface area contributed by atoms with Gasteiger partial charge in [0.2, 0.25) is 0 Å². The number of carbonyl (C=O) groups excluding carboxylic acids is 2. The number of nitrogens with one attached hydrogen (secondary N) is 1. The molecular formula is C27H26N2O3. The lowest BCUT2D eigenvalue weighted by molar-refractivity contribution is -0.120. The number of hydrogen-bond donors (Lipinski definition) is 1. The van der Waals surface area contributed by atoms with E-state index in [9.17, 15) is 9.59 Å². The van der Waals surface area contributed by atoms with Crippen molar-refractivity contribution in [2.75, 3.05) is 10.2 Å². The third kappa shape index (κ3) is 4.14. The lowest BCUT2D eigenvalue weighted by Gasteiger charge is -2.17. The molecule has 0 saturated carbocycles. The average Bonchev–Trinajstić information content (AvgIpc) is 3.00. The fourth-order valence-corrected chi connectivity index (χ4v) is 3.79. The van der Waals surface area contributed by atoms with E-state index in [1.165, 1.54) is 4.90 Å². The first-order chi connectivity index (χ1) is 15.3. The predicted molar refractivity (Wildman–Crippen MR) is 128 cm³/mol. The molecule has 0 bridgehead atoms. The summed E-state index contributed by atoms with van der Waals surface area (Å²) in [6, 6.07) is 22.2. The summed E-state index contributed by atoms with van der Waals surface area (Å²) in [7, 11) is 0. The first-order valence-corrected chi connectivity index (χ1v) is 10.6. The second-order valence-corrected chi connectivity index (χ2v) is 8.17. The summed E-state index contributed by atoms with van der Waals surface area (Å²) < 4.78 is 5.69. The standard InChI is InChI=1S/C27H26N2O3/c1-17(2)32-22-13-11-21(12-14-22)29-26(30)24(20-8-6-5-7-9-20)25(27(29)31)28-23-15-10-18(3)16-19(23)4/h5-17,28H,1-4H3. The summed E-state index contributed by atoms with van der Waals surface area (Å²) in [5.74, 6) is -0.0509. The summed E-state index contributed by atoms with van der Waals surface area (Å²) in [6.45, 7) is 7.89. The maximum Gasteiger partial charge on any atom is 0.282 e. The van der Waals surface area contributed by atoms with Crippen LogP contribution in [0.25, 0.3) is 5.57 Å². The van der Waals surface area contributed by atoms with Gasteiger partial charge in [-0.2, -0.15) is 0 Å². The molecule has 0 unspecified atom stereocenters. The molecule has 4 rings (SSSR count). The molecule has 0 fully saturated rings. The minimum Gasteiger partial charge on any atom is -0.491 e. The van der Waals surface area contributed by atoms with Crippen molar-refractivity contribution in [3.8, 4) is 5.75 Å². The molecule has 5 heteroatoms. The van der Waals surface area contributed by atoms with Crippen LogP contribution in [0, 0.1) is 13.8 Å². The summed E-state index contributed by atoms with van der Waals surface area (Å²) in [5, 5.41) is 3.25. The summed E-state index contributed by atoms with van der Waals surface area (Å²) in [4.78, 5) is 28.2. The maximum absolute atomic E-state index is 13.5. The minimum absolute atomic E-state index is 0.0378. The monoisotopic (exact) mass is 426 g/mol. The van der Waals surface area contributed by atoms with Gasteiger partial charge in [0.05, 0.1) is 17.4 Å². The zero-order chi connectivity index (χ0) is 22.8. The van der Waals surface area contributed by atoms with Crippen LogP contribution in [-0.4, -0.2) is 17.9 Å². The van der Waals surface area contributed by atoms with E-state index < -0.39 is 0 Å². The third-order valence-electron chi connectivity index (χ3n) is 5.25. The first kappa shape index (κ1) is 21.4. The van der Waals surface area contributed by atoms with Crippen LogP contribution in [0.5, 0.6) is 5.75 Å². The number of anilines is 2. The van der Waals surface area contributed by atoms with Crippen LogP contribution in [0.3, 0.4) is 0 Å². The van der Waals surface area contributed by atoms with Gasteiger partial charge in [0, 0.05) is 5.69 Å². The van der Waals surface area contributed by atoms with Gasteiger partial charge in [0.15, 0.2) is 0 Å². The second kappa shape index (κ2) is 8.71. The van der Waals surface area contributed by atoms with E-state index in [2.05, 4.69) is 5.32 Å². The third-order valence-corrected chi connectivity index (χ3v) is 5.25. The van der Waals surface area contributed by atoms with E-state index in [-0.39, 0.29) is 23.6 Å². The minimum atomic E-state index is -0.383. The van der Waals surface area contributed by atoms with Crippen molar-refractivity contribution in [3.63, 3.8) is 0 Å². The van der Waals surface area contributed by atoms with Crippen LogP contribution < -0.4 is 15.0 Å². The lowest BCUT2D eigenvalue weighted by atomic mass is 10.0. The van der Waals surface area contributed by atoms with Crippen molar-refractivity contribution in [1.82, 2.24) is 0 Å². The van der Waals surface area contributed by atoms with Gasteiger partial charge < -0.3 is 10.1 Å². The van der Waals surface area contributed by atoms with Gasteiger partial charge in [0.1, 0.15) is 11.4 Å². The van der Waals surface area contributed by atoms with Gasteiger partial charge in [-0.05, 0) is 69.2 Å². The number of nitrogens with zero attached hydrogens (tertiary/aromatic N) is 1. The lowest BCUT2D eigenvalue weighted by Crippen LogP contribution is -2.32. The van der Waals surface area contributed by atoms with E-state index >= 15 is 0 Å². The molecule has 0 saturated heterocycles. The molecule has 0 aliphatic carbocycles. The molecule has 1 aliphatic rings. The normalized spacial score (nSPS) is 13.8. The molecule has 0 radical (unpaired) electrons. The Labute approximate surface area is 188 Å². The van der Waals surface area contributed by atoms with Crippen LogP contribution in [0.1, 0.15) is 30.5 Å². The Morgan fingerprint density at radius 2 is 1.53 bits per heavy atom. The molecule has 32 heavy (non-hydrogen) atoms. The summed E-state index contributed by atoms with van der Waals surface area (Å²) in [6.07, 6.45) is 0.0378. The van der Waals surface area contributed by atoms with Crippen LogP contribution in [-0.2, 0) is 9.59 Å². The maximum atomic E-state index is 13.5. The zero-order valence-corrected chi connectivity index (χ0v) is 18.7. The van der Waals surface area contributed by atoms with Crippen molar-refractivity contribution < 1.29 is 14.3 Å². The molecule has 2 amide bonds. The molecule has 5 nitrogen and oxygen atoms in total. The van der Waals surface area contributed by atoms with E-state index in [0.717, 1.165) is 16.8 Å². The van der Waals surface area contributed by atoms with Crippen LogP contribution in [0.2, 0.25) is 0 Å². The SMILES string of the molecule is Cc1ccc(NC2=C(c3ccccc3)C(=O)N(c3ccc(OC(C)C)cc3)C2=O)c(C)c1. The van der Waals surface area contributed by atoms with E-state index in [1.54, 1.807) is 24.3 Å². The smallest absolute Gasteiger partial charge is 0.282 e. The van der Waals surface area contributed by atoms with Crippen molar-refractivity contribution in [3.05, 3.63) is 95.2 Å². The van der Waals surface area contributed by atoms with Crippen LogP contribution in [0.15, 0.2) is 78.5 Å². The summed E-state index contributed by atoms with van der Waals surface area (Å²) in [5.41, 5.74) is 4.75. The largest absolute Gasteiger partial charge is 0.491 e. The first-order valence-electron chi connectivity index (χ1n) is 10.6. The van der Waals surface area contributed by atoms with Crippen LogP contribution in [0.4, 0.5) is 11.4 Å². The number of hydrogen-bond acceptors (Lipinski definition) is 4. The van der Waals surface area contributed by atoms with Crippen molar-refractivity contribution in [2.24, 2.45) is 0 Å². The van der Waals surface area contributed by atoms with Gasteiger partial charge in [-0.25, -0.2) is 4.90 Å². The number of imide groups is 1. The number of ether oxygens (including phenoxy) is 1. The molecule has 0 spiro atoms. The van der Waals surface area contributed by atoms with E-state index in [1.807, 2.05) is 76.2 Å². The number of aryl methyl sites for hydroxylation is 2. The highest BCUT2D eigenvalue weighted by molar-refractivity contribution is 6.46. The van der Waals surface area contributed by atoms with E-state index in [4.69, 9.17) is 4.74 Å². The molecule has 3 aromatic rings. The quantitative estimate of drug-likeness (QED) is 0.530. The highest BCUT2D eigenvalue weighted by atomic mass is 16.5. The molecule has 162 valence electrons. The molecule has 3 aromatic carbocycles. The molecule has 1 N–H and O–H groups in total. The summed E-state index contributed by atoms with van der Waals surface area (Å²) >= 11 is 0. The molecule has 0 aromatic heterocycles. The van der Waals surface area contributed by atoms with Crippen molar-refractivity contribution in [1.29, 1.82) is 0 Å². The highest BCUT2D eigenvalue weighted by Gasteiger charge is 2.40. The topological polar surface area (TPSA) is 58.6 Å². The number of rotatable bonds is 6. The zero-order valence-electron chi connectivity index (χ0n) is 18.7. The van der Waals surface area contributed by atoms with Crippen molar-refractivity contribution in [2.45, 2.75) is 33.8 Å². The Bertz CT molecular complexity index is 1200. The van der Waals surface area contributed by atoms with Gasteiger partial charge >= 0.3 is 0 Å². The average molecular weight is 427 g/mol. The van der Waals surface area contributed by atoms with Gasteiger partial charge in [-0.3, -0.25) is 9.59 Å². The van der Waals surface area contributed by atoms with E-state index in [0.29, 0.717) is 22.6 Å². The molecular weight excluding hydrogens is 400 g/mol. The number of amides is 2. The predicted octanol–water partition coefficient (Wildman–Crippen LogP) is 5.49. The molecule has 1 aliphatic heterocycles. The Morgan fingerprint density at radius 1 is 0.844 bits per heavy atom. The number of benzene rings is 3. The Morgan fingerprint density at radius 3 is 2.16 bits per heavy atom. The van der Waals surface area contributed by atoms with Gasteiger partial charge in [0.25, 0.3) is 11.8 Å². The molecule has 1 heterocycles. The highest BCUT2D eigenvalue weighted by Crippen LogP contribution is 2.35. The Kier molecular flexibility index (Phi) is 5.82. The fraction of sp³-hybridized carbons (Fsp3) is 0.185. The second-order valence-electron chi connectivity index (χ2n) is 8.17. The molecule has 0 atom stereocenters. The van der Waals surface area contributed by atoms with Crippen LogP contribution >= 0.6 is 0 Å².